The molecule has 6 heteroatoms. The third-order valence-corrected chi connectivity index (χ3v) is 4.18. The molecule has 0 aliphatic rings. The summed E-state index contributed by atoms with van der Waals surface area (Å²) in [6, 6.07) is 18.4. The smallest absolute Gasteiger partial charge is 0.315 e. The van der Waals surface area contributed by atoms with E-state index in [9.17, 15) is 14.7 Å². The molecule has 138 valence electrons. The van der Waals surface area contributed by atoms with Gasteiger partial charge in [-0.2, -0.15) is 0 Å². The highest BCUT2D eigenvalue weighted by Gasteiger charge is 2.28. The molecule has 26 heavy (non-hydrogen) atoms. The highest BCUT2D eigenvalue weighted by atomic mass is 16.4. The second-order valence-electron chi connectivity index (χ2n) is 6.62. The molecule has 0 spiro atoms. The summed E-state index contributed by atoms with van der Waals surface area (Å²) in [6.45, 7) is 1.34. The van der Waals surface area contributed by atoms with Crippen molar-refractivity contribution in [2.24, 2.45) is 5.41 Å². The second-order valence-corrected chi connectivity index (χ2v) is 6.62. The summed E-state index contributed by atoms with van der Waals surface area (Å²) < 4.78 is 0. The van der Waals surface area contributed by atoms with Crippen LogP contribution in [0.15, 0.2) is 60.7 Å². The lowest BCUT2D eigenvalue weighted by molar-refractivity contribution is -0.140. The molecule has 0 aliphatic carbocycles. The molecule has 0 heterocycles. The minimum absolute atomic E-state index is 0.0535. The van der Waals surface area contributed by atoms with Gasteiger partial charge in [-0.1, -0.05) is 67.6 Å². The van der Waals surface area contributed by atoms with Gasteiger partial charge in [0.2, 0.25) is 0 Å². The zero-order valence-electron chi connectivity index (χ0n) is 14.7. The number of carboxylic acids is 1. The normalized spacial score (nSPS) is 13.0. The molecule has 2 aromatic rings. The highest BCUT2D eigenvalue weighted by molar-refractivity contribution is 5.75. The van der Waals surface area contributed by atoms with E-state index in [1.807, 2.05) is 60.7 Å². The van der Waals surface area contributed by atoms with E-state index in [-0.39, 0.29) is 25.6 Å². The fourth-order valence-corrected chi connectivity index (χ4v) is 2.67. The van der Waals surface area contributed by atoms with Gasteiger partial charge in [0, 0.05) is 12.0 Å². The monoisotopic (exact) mass is 356 g/mol. The van der Waals surface area contributed by atoms with Crippen LogP contribution in [-0.4, -0.2) is 35.4 Å². The van der Waals surface area contributed by atoms with Crippen LogP contribution in [0, 0.1) is 5.41 Å². The quantitative estimate of drug-likeness (QED) is 0.584. The lowest BCUT2D eigenvalue weighted by Crippen LogP contribution is -2.45. The highest BCUT2D eigenvalue weighted by Crippen LogP contribution is 2.22. The fraction of sp³-hybridized carbons (Fsp3) is 0.300. The summed E-state index contributed by atoms with van der Waals surface area (Å²) >= 11 is 0. The van der Waals surface area contributed by atoms with Gasteiger partial charge in [0.25, 0.3) is 0 Å². The Morgan fingerprint density at radius 1 is 1.00 bits per heavy atom. The summed E-state index contributed by atoms with van der Waals surface area (Å²) in [5.74, 6) is -1.02. The molecular weight excluding hydrogens is 332 g/mol. The van der Waals surface area contributed by atoms with Crippen LogP contribution < -0.4 is 10.6 Å². The van der Waals surface area contributed by atoms with Gasteiger partial charge in [-0.15, -0.1) is 0 Å². The van der Waals surface area contributed by atoms with Gasteiger partial charge in [0.15, 0.2) is 0 Å². The van der Waals surface area contributed by atoms with Crippen LogP contribution in [0.4, 0.5) is 4.79 Å². The van der Waals surface area contributed by atoms with Crippen LogP contribution in [0.3, 0.4) is 0 Å². The predicted molar refractivity (Wildman–Crippen MR) is 98.7 cm³/mol. The van der Waals surface area contributed by atoms with Crippen molar-refractivity contribution in [1.82, 2.24) is 10.6 Å². The number of aliphatic hydroxyl groups excluding tert-OH is 1. The number of amides is 2. The second kappa shape index (κ2) is 9.01. The average molecular weight is 356 g/mol. The number of hydrogen-bond donors (Lipinski definition) is 4. The molecule has 0 aromatic heterocycles. The molecule has 1 unspecified atom stereocenters. The Bertz CT molecular complexity index is 682. The Balaban J connectivity index is 2.09. The summed E-state index contributed by atoms with van der Waals surface area (Å²) in [7, 11) is 0. The van der Waals surface area contributed by atoms with Crippen LogP contribution in [0.2, 0.25) is 0 Å². The summed E-state index contributed by atoms with van der Waals surface area (Å²) in [6.07, 6.45) is -0.232. The van der Waals surface area contributed by atoms with Gasteiger partial charge in [0.05, 0.1) is 19.1 Å². The van der Waals surface area contributed by atoms with Crippen molar-refractivity contribution in [1.29, 1.82) is 0 Å². The van der Waals surface area contributed by atoms with Crippen LogP contribution in [0.5, 0.6) is 0 Å². The van der Waals surface area contributed by atoms with Crippen molar-refractivity contribution >= 4 is 12.0 Å². The van der Waals surface area contributed by atoms with E-state index in [4.69, 9.17) is 5.11 Å². The summed E-state index contributed by atoms with van der Waals surface area (Å²) in [4.78, 5) is 23.3. The predicted octanol–water partition coefficient (Wildman–Crippen LogP) is 2.55. The first-order chi connectivity index (χ1) is 12.4. The Morgan fingerprint density at radius 3 is 1.92 bits per heavy atom. The molecule has 0 saturated carbocycles. The van der Waals surface area contributed by atoms with Gasteiger partial charge in [-0.3, -0.25) is 4.79 Å². The van der Waals surface area contributed by atoms with E-state index in [0.717, 1.165) is 11.1 Å². The van der Waals surface area contributed by atoms with E-state index >= 15 is 0 Å². The van der Waals surface area contributed by atoms with E-state index in [1.165, 1.54) is 0 Å². The number of hydrogen-bond acceptors (Lipinski definition) is 3. The maximum absolute atomic E-state index is 12.4. The molecule has 2 amide bonds. The number of carboxylic acid groups (broad SMARTS) is 1. The van der Waals surface area contributed by atoms with E-state index < -0.39 is 17.4 Å². The van der Waals surface area contributed by atoms with Crippen LogP contribution in [-0.2, 0) is 4.79 Å². The molecule has 4 N–H and O–H groups in total. The lowest BCUT2D eigenvalue weighted by Gasteiger charge is -2.27. The molecule has 0 fully saturated rings. The number of aliphatic carboxylic acids is 1. The molecule has 2 aromatic carbocycles. The maximum atomic E-state index is 12.4. The SMILES string of the molecule is CC(CO)(CNC(=O)NC(c1ccccc1)c1ccccc1)CC(=O)O. The first-order valence-corrected chi connectivity index (χ1v) is 8.40. The Hall–Kier alpha value is -2.86. The molecule has 0 radical (unpaired) electrons. The van der Waals surface area contributed by atoms with E-state index in [1.54, 1.807) is 6.92 Å². The molecule has 0 bridgehead atoms. The molecule has 6 nitrogen and oxygen atoms in total. The number of rotatable bonds is 8. The number of aliphatic hydroxyl groups is 1. The average Bonchev–Trinajstić information content (AvgIpc) is 2.65. The van der Waals surface area contributed by atoms with Crippen LogP contribution in [0.25, 0.3) is 0 Å². The lowest BCUT2D eigenvalue weighted by atomic mass is 9.88. The van der Waals surface area contributed by atoms with Crippen molar-refractivity contribution in [3.05, 3.63) is 71.8 Å². The minimum atomic E-state index is -1.02. The Morgan fingerprint density at radius 2 is 1.50 bits per heavy atom. The van der Waals surface area contributed by atoms with Gasteiger partial charge in [0.1, 0.15) is 0 Å². The van der Waals surface area contributed by atoms with Gasteiger partial charge >= 0.3 is 12.0 Å². The zero-order chi connectivity index (χ0) is 19.0. The van der Waals surface area contributed by atoms with Gasteiger partial charge in [-0.25, -0.2) is 4.79 Å². The number of nitrogens with one attached hydrogen (secondary N) is 2. The molecule has 0 saturated heterocycles. The van der Waals surface area contributed by atoms with Crippen molar-refractivity contribution in [3.63, 3.8) is 0 Å². The summed E-state index contributed by atoms with van der Waals surface area (Å²) in [5.41, 5.74) is 0.951. The Kier molecular flexibility index (Phi) is 6.74. The fourth-order valence-electron chi connectivity index (χ4n) is 2.67. The first-order valence-electron chi connectivity index (χ1n) is 8.40. The first kappa shape index (κ1) is 19.5. The molecular formula is C20H24N2O4. The largest absolute Gasteiger partial charge is 0.481 e. The van der Waals surface area contributed by atoms with Gasteiger partial charge < -0.3 is 20.8 Å². The minimum Gasteiger partial charge on any atom is -0.481 e. The van der Waals surface area contributed by atoms with Crippen molar-refractivity contribution in [2.45, 2.75) is 19.4 Å². The zero-order valence-corrected chi connectivity index (χ0v) is 14.7. The Labute approximate surface area is 152 Å². The number of benzene rings is 2. The third kappa shape index (κ3) is 5.60. The molecule has 2 rings (SSSR count). The van der Waals surface area contributed by atoms with Crippen LogP contribution in [0.1, 0.15) is 30.5 Å². The summed E-state index contributed by atoms with van der Waals surface area (Å²) in [5, 5.41) is 24.0. The number of carbonyl (C=O) groups is 2. The number of urea groups is 1. The van der Waals surface area contributed by atoms with Crippen molar-refractivity contribution in [2.75, 3.05) is 13.2 Å². The topological polar surface area (TPSA) is 98.7 Å². The van der Waals surface area contributed by atoms with Crippen molar-refractivity contribution < 1.29 is 19.8 Å². The van der Waals surface area contributed by atoms with E-state index in [2.05, 4.69) is 10.6 Å². The third-order valence-electron chi connectivity index (χ3n) is 4.18. The van der Waals surface area contributed by atoms with Crippen molar-refractivity contribution in [3.8, 4) is 0 Å². The van der Waals surface area contributed by atoms with Gasteiger partial charge in [-0.05, 0) is 11.1 Å². The standard InChI is InChI=1S/C20H24N2O4/c1-20(14-23,12-17(24)25)13-21-19(26)22-18(15-8-4-2-5-9-15)16-10-6-3-7-11-16/h2-11,18,23H,12-14H2,1H3,(H,24,25)(H2,21,22,26). The van der Waals surface area contributed by atoms with Crippen LogP contribution >= 0.6 is 0 Å². The van der Waals surface area contributed by atoms with E-state index in [0.29, 0.717) is 0 Å². The maximum Gasteiger partial charge on any atom is 0.315 e. The number of carbonyl (C=O) groups excluding carboxylic acids is 1. The molecule has 1 atom stereocenters. The molecule has 0 aliphatic heterocycles.